The molecule has 4 rings (SSSR count). The maximum atomic E-state index is 13.2. The van der Waals surface area contributed by atoms with Crippen molar-refractivity contribution in [2.45, 2.75) is 32.9 Å². The molecule has 2 heterocycles. The van der Waals surface area contributed by atoms with Crippen LogP contribution < -0.4 is 15.8 Å². The fourth-order valence-electron chi connectivity index (χ4n) is 3.64. The van der Waals surface area contributed by atoms with Crippen LogP contribution in [0.15, 0.2) is 53.3 Å². The SMILES string of the molecule is Cc1nc2ccccc2c(=O)n1CC(=O)N1c2ccccc2NC(=O)C[C@H]1C. The minimum absolute atomic E-state index is 0.143. The molecule has 1 aliphatic rings. The molecule has 28 heavy (non-hydrogen) atoms. The van der Waals surface area contributed by atoms with Crippen LogP contribution in [0.5, 0.6) is 0 Å². The monoisotopic (exact) mass is 376 g/mol. The number of benzene rings is 2. The molecule has 2 aromatic carbocycles. The van der Waals surface area contributed by atoms with E-state index >= 15 is 0 Å². The van der Waals surface area contributed by atoms with E-state index in [-0.39, 0.29) is 36.4 Å². The molecule has 3 aromatic rings. The summed E-state index contributed by atoms with van der Waals surface area (Å²) in [6.07, 6.45) is 0.185. The van der Waals surface area contributed by atoms with Gasteiger partial charge in [-0.1, -0.05) is 24.3 Å². The van der Waals surface area contributed by atoms with Gasteiger partial charge in [0.05, 0.1) is 22.3 Å². The van der Waals surface area contributed by atoms with Crippen LogP contribution in [0.25, 0.3) is 10.9 Å². The second-order valence-electron chi connectivity index (χ2n) is 6.95. The highest BCUT2D eigenvalue weighted by Crippen LogP contribution is 2.31. The quantitative estimate of drug-likeness (QED) is 0.745. The Bertz CT molecular complexity index is 1150. The number of amides is 2. The van der Waals surface area contributed by atoms with Gasteiger partial charge in [-0.2, -0.15) is 0 Å². The average Bonchev–Trinajstić information content (AvgIpc) is 2.79. The molecule has 0 spiro atoms. The number of anilines is 2. The highest BCUT2D eigenvalue weighted by Gasteiger charge is 2.30. The number of hydrogen-bond acceptors (Lipinski definition) is 4. The van der Waals surface area contributed by atoms with E-state index in [1.54, 1.807) is 48.2 Å². The van der Waals surface area contributed by atoms with E-state index in [9.17, 15) is 14.4 Å². The summed E-state index contributed by atoms with van der Waals surface area (Å²) in [5.74, 6) is 0.0664. The standard InChI is InChI=1S/C21H20N4O3/c1-13-11-19(26)23-17-9-5-6-10-18(17)25(13)20(27)12-24-14(2)22-16-8-4-3-7-15(16)21(24)28/h3-10,13H,11-12H2,1-2H3,(H,23,26)/t13-/m1/s1. The minimum atomic E-state index is -0.333. The molecular formula is C21H20N4O3. The first-order valence-electron chi connectivity index (χ1n) is 9.13. The third kappa shape index (κ3) is 3.05. The van der Waals surface area contributed by atoms with E-state index in [0.717, 1.165) is 0 Å². The fraction of sp³-hybridized carbons (Fsp3) is 0.238. The first kappa shape index (κ1) is 17.9. The number of aryl methyl sites for hydroxylation is 1. The summed E-state index contributed by atoms with van der Waals surface area (Å²) in [6, 6.07) is 13.9. The molecule has 2 amide bonds. The molecule has 142 valence electrons. The molecule has 1 aliphatic heterocycles. The Labute approximate surface area is 161 Å². The molecule has 0 fully saturated rings. The van der Waals surface area contributed by atoms with Crippen molar-refractivity contribution in [1.29, 1.82) is 0 Å². The number of nitrogens with zero attached hydrogens (tertiary/aromatic N) is 3. The van der Waals surface area contributed by atoms with Crippen LogP contribution in [0.1, 0.15) is 19.2 Å². The Balaban J connectivity index is 1.75. The van der Waals surface area contributed by atoms with Gasteiger partial charge < -0.3 is 10.2 Å². The third-order valence-electron chi connectivity index (χ3n) is 4.97. The summed E-state index contributed by atoms with van der Waals surface area (Å²) in [5, 5.41) is 3.31. The van der Waals surface area contributed by atoms with Crippen molar-refractivity contribution in [2.24, 2.45) is 0 Å². The van der Waals surface area contributed by atoms with E-state index in [1.807, 2.05) is 19.1 Å². The lowest BCUT2D eigenvalue weighted by atomic mass is 10.1. The topological polar surface area (TPSA) is 84.3 Å². The highest BCUT2D eigenvalue weighted by molar-refractivity contribution is 6.04. The number of fused-ring (bicyclic) bond motifs is 2. The summed E-state index contributed by atoms with van der Waals surface area (Å²) in [6.45, 7) is 3.40. The predicted molar refractivity (Wildman–Crippen MR) is 107 cm³/mol. The summed E-state index contributed by atoms with van der Waals surface area (Å²) in [7, 11) is 0. The Morgan fingerprint density at radius 3 is 2.68 bits per heavy atom. The number of rotatable bonds is 2. The molecule has 0 aliphatic carbocycles. The van der Waals surface area contributed by atoms with E-state index < -0.39 is 0 Å². The van der Waals surface area contributed by atoms with Gasteiger partial charge in [0, 0.05) is 12.5 Å². The zero-order valence-corrected chi connectivity index (χ0v) is 15.7. The Morgan fingerprint density at radius 1 is 1.14 bits per heavy atom. The molecule has 0 saturated heterocycles. The van der Waals surface area contributed by atoms with E-state index in [1.165, 1.54) is 4.57 Å². The lowest BCUT2D eigenvalue weighted by Gasteiger charge is -2.28. The number of para-hydroxylation sites is 3. The van der Waals surface area contributed by atoms with Crippen LogP contribution in [-0.2, 0) is 16.1 Å². The normalized spacial score (nSPS) is 16.4. The van der Waals surface area contributed by atoms with Crippen LogP contribution in [-0.4, -0.2) is 27.4 Å². The maximum absolute atomic E-state index is 13.2. The summed E-state index contributed by atoms with van der Waals surface area (Å²) in [5.41, 5.74) is 1.58. The van der Waals surface area contributed by atoms with Crippen molar-refractivity contribution in [1.82, 2.24) is 9.55 Å². The average molecular weight is 376 g/mol. The lowest BCUT2D eigenvalue weighted by Crippen LogP contribution is -2.43. The number of hydrogen-bond donors (Lipinski definition) is 1. The number of aromatic nitrogens is 2. The molecule has 1 atom stereocenters. The Morgan fingerprint density at radius 2 is 1.86 bits per heavy atom. The van der Waals surface area contributed by atoms with Gasteiger partial charge in [-0.3, -0.25) is 19.0 Å². The largest absolute Gasteiger partial charge is 0.324 e. The van der Waals surface area contributed by atoms with Gasteiger partial charge in [0.25, 0.3) is 5.56 Å². The smallest absolute Gasteiger partial charge is 0.261 e. The van der Waals surface area contributed by atoms with E-state index in [4.69, 9.17) is 0 Å². The van der Waals surface area contributed by atoms with Crippen molar-refractivity contribution < 1.29 is 9.59 Å². The Kier molecular flexibility index (Phi) is 4.43. The van der Waals surface area contributed by atoms with Crippen LogP contribution in [0.3, 0.4) is 0 Å². The van der Waals surface area contributed by atoms with Crippen molar-refractivity contribution in [3.63, 3.8) is 0 Å². The molecule has 0 unspecified atom stereocenters. The van der Waals surface area contributed by atoms with Crippen molar-refractivity contribution in [2.75, 3.05) is 10.2 Å². The van der Waals surface area contributed by atoms with Gasteiger partial charge in [-0.25, -0.2) is 4.98 Å². The van der Waals surface area contributed by atoms with Crippen molar-refractivity contribution >= 4 is 34.1 Å². The van der Waals surface area contributed by atoms with Crippen LogP contribution in [0, 0.1) is 6.92 Å². The van der Waals surface area contributed by atoms with Crippen LogP contribution in [0.4, 0.5) is 11.4 Å². The summed E-state index contributed by atoms with van der Waals surface area (Å²) >= 11 is 0. The molecule has 1 aromatic heterocycles. The molecular weight excluding hydrogens is 356 g/mol. The Hall–Kier alpha value is -3.48. The number of nitrogens with one attached hydrogen (secondary N) is 1. The van der Waals surface area contributed by atoms with Crippen LogP contribution in [0.2, 0.25) is 0 Å². The molecule has 0 radical (unpaired) electrons. The van der Waals surface area contributed by atoms with Gasteiger partial charge in [-0.15, -0.1) is 0 Å². The van der Waals surface area contributed by atoms with Crippen molar-refractivity contribution in [3.05, 3.63) is 64.7 Å². The molecule has 7 heteroatoms. The first-order chi connectivity index (χ1) is 13.5. The van der Waals surface area contributed by atoms with Gasteiger partial charge in [0.15, 0.2) is 0 Å². The first-order valence-corrected chi connectivity index (χ1v) is 9.13. The second-order valence-corrected chi connectivity index (χ2v) is 6.95. The number of carbonyl (C=O) groups is 2. The summed E-state index contributed by atoms with van der Waals surface area (Å²) < 4.78 is 1.39. The van der Waals surface area contributed by atoms with Crippen LogP contribution >= 0.6 is 0 Å². The molecule has 0 saturated carbocycles. The molecule has 1 N–H and O–H groups in total. The third-order valence-corrected chi connectivity index (χ3v) is 4.97. The molecule has 7 nitrogen and oxygen atoms in total. The van der Waals surface area contributed by atoms with Gasteiger partial charge >= 0.3 is 0 Å². The summed E-state index contributed by atoms with van der Waals surface area (Å²) in [4.78, 5) is 44.3. The van der Waals surface area contributed by atoms with Gasteiger partial charge in [0.1, 0.15) is 12.4 Å². The highest BCUT2D eigenvalue weighted by atomic mass is 16.2. The fourth-order valence-corrected chi connectivity index (χ4v) is 3.64. The zero-order chi connectivity index (χ0) is 19.8. The predicted octanol–water partition coefficient (Wildman–Crippen LogP) is 2.47. The van der Waals surface area contributed by atoms with E-state index in [0.29, 0.717) is 28.1 Å². The number of carbonyl (C=O) groups excluding carboxylic acids is 2. The zero-order valence-electron chi connectivity index (χ0n) is 15.7. The second kappa shape index (κ2) is 6.92. The van der Waals surface area contributed by atoms with Gasteiger partial charge in [0.2, 0.25) is 11.8 Å². The minimum Gasteiger partial charge on any atom is -0.324 e. The maximum Gasteiger partial charge on any atom is 0.261 e. The van der Waals surface area contributed by atoms with E-state index in [2.05, 4.69) is 10.3 Å². The van der Waals surface area contributed by atoms with Gasteiger partial charge in [-0.05, 0) is 38.1 Å². The van der Waals surface area contributed by atoms with Crippen molar-refractivity contribution in [3.8, 4) is 0 Å². The molecule has 0 bridgehead atoms. The lowest BCUT2D eigenvalue weighted by molar-refractivity contribution is -0.120.